The number of nitrogens with one attached hydrogen (secondary N) is 4. The van der Waals surface area contributed by atoms with E-state index in [1.807, 2.05) is 69.5 Å². The van der Waals surface area contributed by atoms with Gasteiger partial charge >= 0.3 is 12.4 Å². The summed E-state index contributed by atoms with van der Waals surface area (Å²) in [5, 5.41) is 17.9. The van der Waals surface area contributed by atoms with E-state index < -0.39 is 30.1 Å². The minimum Gasteiger partial charge on any atom is -0.377 e. The highest BCUT2D eigenvalue weighted by Crippen LogP contribution is 2.38. The third kappa shape index (κ3) is 37.8. The number of pyridine rings is 5. The van der Waals surface area contributed by atoms with E-state index in [0.29, 0.717) is 49.2 Å². The molecule has 806 valence electrons. The Morgan fingerprint density at radius 2 is 0.911 bits per heavy atom. The quantitative estimate of drug-likeness (QED) is 0.0657. The first-order valence-electron chi connectivity index (χ1n) is 52.8. The standard InChI is InChI=1S/C19H30N4O.C17H25F3N2.C16H26N2.C15H24N2.C14H22N2.C12H16F3N3O.C12H19N3O.C10H12ClN3/c1-14(24)22-8-10-23(11-9-22)18-13-15(19(2,3)4)12-17(21-18)20-16-6-5-7-16;1-12-9-21-14(8-15(12)16(2,3)4)7-13-5-6-22(10-13)11-17(18,19)20;1-12-10-17-14(9-15(12)16(2,3)4)8-13-6-7-18(5)11-13;1-11-8-16-13(6-12-9-17(5)10-12)7-14(11)15(2,3)4;1-14(2,3)12-5-7-16-13(9-12)8-11-4-6-15-10-11;1-11(2,3)8-4-9(16-7-5-19-6-7)18-10(17-8)12(13,14)15;1-8-13-10(12(2,3)4)5-11(14-8)15-9-6-16-7-9;1-10(2,3)7-6-14-9(12-7)5-4-8(11)13-14/h12-13,16H,5-11H2,1-4H3,(H,20,21);8-9,13H,5-7,10-11H2,1-4H3;9-10,13H,6-8,11H2,1-5H3;7-8,12H,6,9-10H2,1-5H3;5,7,9,11,15H,4,6,8,10H2,1-3H3;4,7H,5-6H2,1-3H3,(H,16,17,18);5,9H,6-7H2,1-4H3,(H,13,14,15);4-6H,1-3H3. The summed E-state index contributed by atoms with van der Waals surface area (Å²) in [4.78, 5) is 65.6. The predicted octanol–water partition coefficient (Wildman–Crippen LogP) is 22.8. The fourth-order valence-corrected chi connectivity index (χ4v) is 18.9. The van der Waals surface area contributed by atoms with E-state index in [4.69, 9.17) is 26.1 Å². The summed E-state index contributed by atoms with van der Waals surface area (Å²) in [7, 11) is 4.39. The van der Waals surface area contributed by atoms with Crippen molar-refractivity contribution in [1.82, 2.24) is 84.4 Å². The van der Waals surface area contributed by atoms with Crippen molar-refractivity contribution in [2.75, 3.05) is 146 Å². The highest BCUT2D eigenvalue weighted by Gasteiger charge is 2.39. The molecule has 8 aliphatic rings. The summed E-state index contributed by atoms with van der Waals surface area (Å²) in [5.74, 6) is 5.65. The van der Waals surface area contributed by atoms with E-state index in [1.54, 1.807) is 23.6 Å². The topological polar surface area (TPSA) is 246 Å². The van der Waals surface area contributed by atoms with Crippen LogP contribution in [0.5, 0.6) is 0 Å². The lowest BCUT2D eigenvalue weighted by Gasteiger charge is -2.36. The van der Waals surface area contributed by atoms with Crippen LogP contribution in [0.25, 0.3) is 5.65 Å². The number of anilines is 4. The van der Waals surface area contributed by atoms with E-state index in [0.717, 1.165) is 142 Å². The molecule has 1 aliphatic carbocycles. The molecule has 24 nitrogen and oxygen atoms in total. The number of piperazine rings is 1. The zero-order valence-corrected chi connectivity index (χ0v) is 94.6. The smallest absolute Gasteiger partial charge is 0.377 e. The number of fused-ring (bicyclic) bond motifs is 1. The lowest BCUT2D eigenvalue weighted by Crippen LogP contribution is -2.48. The molecule has 17 rings (SSSR count). The molecule has 1 saturated carbocycles. The average molecular weight is 2050 g/mol. The molecule has 146 heavy (non-hydrogen) atoms. The highest BCUT2D eigenvalue weighted by atomic mass is 35.5. The van der Waals surface area contributed by atoms with Crippen LogP contribution in [0.1, 0.15) is 308 Å². The van der Waals surface area contributed by atoms with E-state index in [-0.39, 0.29) is 61.6 Å². The number of hydrogen-bond donors (Lipinski definition) is 4. The van der Waals surface area contributed by atoms with Crippen LogP contribution in [-0.2, 0) is 89.4 Å². The van der Waals surface area contributed by atoms with E-state index in [1.165, 1.54) is 131 Å². The summed E-state index contributed by atoms with van der Waals surface area (Å²) >= 11 is 5.78. The number of rotatable bonds is 16. The molecule has 0 spiro atoms. The third-order valence-corrected chi connectivity index (χ3v) is 27.9. The fraction of sp³-hybridized carbons (Fsp3) is 0.652. The lowest BCUT2D eigenvalue weighted by atomic mass is 9.83. The number of likely N-dealkylation sites (tertiary alicyclic amines) is 3. The maximum absolute atomic E-state index is 12.8. The number of nitrogens with zero attached hydrogens (tertiary/aromatic N) is 17. The number of aryl methyl sites for hydroxylation is 4. The van der Waals surface area contributed by atoms with Crippen molar-refractivity contribution in [3.8, 4) is 0 Å². The molecule has 3 atom stereocenters. The normalized spacial score (nSPS) is 18.6. The maximum atomic E-state index is 12.8. The van der Waals surface area contributed by atoms with Crippen molar-refractivity contribution < 1.29 is 40.6 Å². The largest absolute Gasteiger partial charge is 0.451 e. The van der Waals surface area contributed by atoms with Crippen molar-refractivity contribution in [2.45, 2.75) is 339 Å². The Bertz CT molecular complexity index is 5630. The Kier molecular flexibility index (Phi) is 40.8. The minimum absolute atomic E-state index is 0.0174. The van der Waals surface area contributed by atoms with Crippen LogP contribution in [0.3, 0.4) is 0 Å². The molecular formula is C115H174ClF6N21O3. The molecule has 7 saturated heterocycles. The summed E-state index contributed by atoms with van der Waals surface area (Å²) in [6, 6.07) is 23.8. The first-order chi connectivity index (χ1) is 67.7. The summed E-state index contributed by atoms with van der Waals surface area (Å²) in [6.45, 7) is 75.1. The molecule has 7 aliphatic heterocycles. The third-order valence-electron chi connectivity index (χ3n) is 27.7. The summed E-state index contributed by atoms with van der Waals surface area (Å²) < 4.78 is 87.5. The van der Waals surface area contributed by atoms with Crippen molar-refractivity contribution in [3.63, 3.8) is 0 Å². The Hall–Kier alpha value is -9.17. The Morgan fingerprint density at radius 1 is 0.445 bits per heavy atom. The van der Waals surface area contributed by atoms with Gasteiger partial charge in [-0.1, -0.05) is 178 Å². The first kappa shape index (κ1) is 119. The number of hydrogen-bond acceptors (Lipinski definition) is 22. The second kappa shape index (κ2) is 50.2. The van der Waals surface area contributed by atoms with Gasteiger partial charge in [0.25, 0.3) is 0 Å². The zero-order valence-electron chi connectivity index (χ0n) is 93.8. The number of alkyl halides is 6. The van der Waals surface area contributed by atoms with E-state index in [2.05, 4.69) is 315 Å². The number of imidazole rings is 1. The van der Waals surface area contributed by atoms with Crippen LogP contribution in [0, 0.1) is 51.4 Å². The monoisotopic (exact) mass is 2050 g/mol. The van der Waals surface area contributed by atoms with Gasteiger partial charge in [-0.3, -0.25) is 29.6 Å². The number of halogens is 7. The lowest BCUT2D eigenvalue weighted by molar-refractivity contribution is -0.145. The van der Waals surface area contributed by atoms with Gasteiger partial charge in [-0.15, -0.1) is 0 Å². The van der Waals surface area contributed by atoms with Gasteiger partial charge in [0.2, 0.25) is 11.7 Å². The molecule has 4 N–H and O–H groups in total. The van der Waals surface area contributed by atoms with Gasteiger partial charge in [-0.2, -0.15) is 31.4 Å². The van der Waals surface area contributed by atoms with Crippen LogP contribution in [0.15, 0.2) is 97.7 Å². The van der Waals surface area contributed by atoms with Gasteiger partial charge in [0.1, 0.15) is 34.2 Å². The number of carbonyl (C=O) groups excluding carboxylic acids is 1. The van der Waals surface area contributed by atoms with Crippen LogP contribution in [-0.4, -0.2) is 235 Å². The number of amides is 1. The van der Waals surface area contributed by atoms with Gasteiger partial charge in [-0.05, 0) is 282 Å². The summed E-state index contributed by atoms with van der Waals surface area (Å²) in [5.41, 5.74) is 19.1. The number of ether oxygens (including phenoxy) is 2. The second-order valence-corrected chi connectivity index (χ2v) is 50.4. The first-order valence-corrected chi connectivity index (χ1v) is 53.1. The van der Waals surface area contributed by atoms with Crippen molar-refractivity contribution in [3.05, 3.63) is 199 Å². The van der Waals surface area contributed by atoms with E-state index in [9.17, 15) is 31.1 Å². The van der Waals surface area contributed by atoms with Crippen LogP contribution in [0.4, 0.5) is 49.6 Å². The van der Waals surface area contributed by atoms with Crippen molar-refractivity contribution in [2.24, 2.45) is 23.7 Å². The van der Waals surface area contributed by atoms with Gasteiger partial charge in [-0.25, -0.2) is 34.4 Å². The van der Waals surface area contributed by atoms with Crippen molar-refractivity contribution >= 4 is 46.4 Å². The molecule has 8 fully saturated rings. The number of aromatic nitrogens is 12. The minimum atomic E-state index is -4.55. The Morgan fingerprint density at radius 3 is 1.34 bits per heavy atom. The molecule has 1 amide bonds. The molecule has 0 aromatic carbocycles. The molecule has 16 heterocycles. The fourth-order valence-electron chi connectivity index (χ4n) is 18.7. The molecular weight excluding hydrogens is 1870 g/mol. The molecule has 31 heteroatoms. The molecule has 0 radical (unpaired) electrons. The molecule has 3 unspecified atom stereocenters. The average Bonchev–Trinajstić information content (AvgIpc) is 1.80. The van der Waals surface area contributed by atoms with Gasteiger partial charge in [0, 0.05) is 141 Å². The number of carbonyl (C=O) groups is 1. The van der Waals surface area contributed by atoms with Crippen LogP contribution >= 0.6 is 11.6 Å². The highest BCUT2D eigenvalue weighted by molar-refractivity contribution is 6.29. The van der Waals surface area contributed by atoms with Gasteiger partial charge in [0.15, 0.2) is 5.65 Å². The van der Waals surface area contributed by atoms with Crippen LogP contribution in [0.2, 0.25) is 5.15 Å². The van der Waals surface area contributed by atoms with Crippen LogP contribution < -0.4 is 26.2 Å². The summed E-state index contributed by atoms with van der Waals surface area (Å²) in [6.07, 6.45) is 12.6. The van der Waals surface area contributed by atoms with E-state index >= 15 is 0 Å². The molecule has 9 aromatic rings. The van der Waals surface area contributed by atoms with Gasteiger partial charge in [0.05, 0.1) is 68.3 Å². The van der Waals surface area contributed by atoms with Gasteiger partial charge < -0.3 is 50.3 Å². The van der Waals surface area contributed by atoms with Crippen molar-refractivity contribution in [1.29, 1.82) is 0 Å². The second-order valence-electron chi connectivity index (χ2n) is 50.0. The Balaban J connectivity index is 0.000000172. The zero-order chi connectivity index (χ0) is 108. The molecule has 9 aromatic heterocycles. The Labute approximate surface area is 874 Å². The maximum Gasteiger partial charge on any atom is 0.451 e. The SMILES string of the molecule is CC(=O)N1CCN(c2cc(C(C)(C)C)cc(NC3CCC3)n2)CC1.CC(C)(C)c1cc(NC2COC2)nc(C(F)(F)F)n1.CC(C)(C)c1ccnc(CC2CCNC2)c1.CC(C)(C)c1cn2nc(Cl)ccc2n1.Cc1cnc(CC2CCN(C)C2)cc1C(C)(C)C.Cc1cnc(CC2CCN(CC(F)(F)F)C2)cc1C(C)(C)C.Cc1cnc(CC2CN(C)C2)cc1C(C)(C)C.Cc1nc(NC2COC2)cc(C(C)(C)C)n1. The predicted molar refractivity (Wildman–Crippen MR) is 582 cm³/mol. The molecule has 0 bridgehead atoms.